The average Bonchev–Trinajstić information content (AvgIpc) is 3.26. The van der Waals surface area contributed by atoms with Gasteiger partial charge < -0.3 is 9.88 Å². The Morgan fingerprint density at radius 3 is 2.96 bits per heavy atom. The lowest BCUT2D eigenvalue weighted by atomic mass is 10.2. The predicted octanol–water partition coefficient (Wildman–Crippen LogP) is 1.96. The molecular formula is C17H15N7OS. The molecule has 1 N–H and O–H groups in total. The number of fused-ring (bicyclic) bond motifs is 1. The zero-order valence-electron chi connectivity index (χ0n) is 14.0. The molecular weight excluding hydrogens is 350 g/mol. The predicted molar refractivity (Wildman–Crippen MR) is 96.7 cm³/mol. The number of hydrogen-bond donors (Lipinski definition) is 1. The van der Waals surface area contributed by atoms with Crippen molar-refractivity contribution in [2.45, 2.75) is 20.0 Å². The van der Waals surface area contributed by atoms with Crippen molar-refractivity contribution in [2.75, 3.05) is 0 Å². The summed E-state index contributed by atoms with van der Waals surface area (Å²) < 4.78 is 1.93. The van der Waals surface area contributed by atoms with E-state index in [1.165, 1.54) is 11.3 Å². The lowest BCUT2D eigenvalue weighted by Gasteiger charge is -2.05. The number of aromatic nitrogens is 6. The van der Waals surface area contributed by atoms with E-state index in [2.05, 4.69) is 30.5 Å². The molecule has 4 aromatic heterocycles. The monoisotopic (exact) mass is 365 g/mol. The van der Waals surface area contributed by atoms with E-state index >= 15 is 0 Å². The molecule has 0 unspecified atom stereocenters. The van der Waals surface area contributed by atoms with Crippen LogP contribution in [0.3, 0.4) is 0 Å². The molecule has 0 aromatic carbocycles. The van der Waals surface area contributed by atoms with Gasteiger partial charge in [0.05, 0.1) is 25.0 Å². The molecule has 4 rings (SSSR count). The van der Waals surface area contributed by atoms with Crippen LogP contribution < -0.4 is 5.32 Å². The molecule has 26 heavy (non-hydrogen) atoms. The number of carbonyl (C=O) groups excluding carboxylic acids is 1. The van der Waals surface area contributed by atoms with Gasteiger partial charge in [-0.2, -0.15) is 0 Å². The molecule has 1 amide bonds. The molecule has 0 fully saturated rings. The van der Waals surface area contributed by atoms with Crippen LogP contribution in [0.4, 0.5) is 0 Å². The molecule has 8 nitrogen and oxygen atoms in total. The summed E-state index contributed by atoms with van der Waals surface area (Å²) in [5.74, 6) is -0.214. The summed E-state index contributed by atoms with van der Waals surface area (Å²) in [7, 11) is 0. The quantitative estimate of drug-likeness (QED) is 0.580. The van der Waals surface area contributed by atoms with Crippen molar-refractivity contribution < 1.29 is 4.79 Å². The average molecular weight is 365 g/mol. The van der Waals surface area contributed by atoms with Gasteiger partial charge in [-0.05, 0) is 24.6 Å². The van der Waals surface area contributed by atoms with Crippen molar-refractivity contribution in [3.63, 3.8) is 0 Å². The number of pyridine rings is 2. The number of aryl methyl sites for hydroxylation is 1. The lowest BCUT2D eigenvalue weighted by Crippen LogP contribution is -2.22. The Morgan fingerprint density at radius 2 is 2.19 bits per heavy atom. The highest BCUT2D eigenvalue weighted by molar-refractivity contribution is 7.11. The van der Waals surface area contributed by atoms with E-state index in [4.69, 9.17) is 0 Å². The highest BCUT2D eigenvalue weighted by atomic mass is 32.1. The van der Waals surface area contributed by atoms with Gasteiger partial charge in [-0.25, -0.2) is 9.97 Å². The Morgan fingerprint density at radius 1 is 1.27 bits per heavy atom. The molecule has 0 aliphatic carbocycles. The zero-order chi connectivity index (χ0) is 17.9. The van der Waals surface area contributed by atoms with Crippen LogP contribution in [-0.4, -0.2) is 35.6 Å². The van der Waals surface area contributed by atoms with Gasteiger partial charge in [0.1, 0.15) is 15.5 Å². The van der Waals surface area contributed by atoms with Gasteiger partial charge in [0.15, 0.2) is 5.65 Å². The number of carbonyl (C=O) groups is 1. The fourth-order valence-electron chi connectivity index (χ4n) is 2.54. The minimum Gasteiger partial charge on any atom is -0.345 e. The van der Waals surface area contributed by atoms with Crippen LogP contribution in [0.2, 0.25) is 0 Å². The zero-order valence-corrected chi connectivity index (χ0v) is 14.8. The highest BCUT2D eigenvalue weighted by Crippen LogP contribution is 2.14. The van der Waals surface area contributed by atoms with Crippen LogP contribution in [0, 0.1) is 6.92 Å². The summed E-state index contributed by atoms with van der Waals surface area (Å²) in [6.07, 6.45) is 6.82. The van der Waals surface area contributed by atoms with Crippen molar-refractivity contribution in [3.8, 4) is 0 Å². The van der Waals surface area contributed by atoms with E-state index < -0.39 is 0 Å². The van der Waals surface area contributed by atoms with Gasteiger partial charge in [0.2, 0.25) is 0 Å². The molecule has 0 saturated carbocycles. The maximum atomic E-state index is 12.3. The van der Waals surface area contributed by atoms with Crippen molar-refractivity contribution in [1.82, 2.24) is 35.0 Å². The molecule has 0 aliphatic heterocycles. The summed E-state index contributed by atoms with van der Waals surface area (Å²) in [4.78, 5) is 25.2. The summed E-state index contributed by atoms with van der Waals surface area (Å²) in [5.41, 5.74) is 2.92. The Balaban J connectivity index is 1.50. The van der Waals surface area contributed by atoms with Gasteiger partial charge in [-0.3, -0.25) is 9.78 Å². The minimum absolute atomic E-state index is 0.214. The fourth-order valence-corrected chi connectivity index (χ4v) is 3.19. The second-order valence-corrected chi connectivity index (χ2v) is 6.96. The number of amides is 1. The van der Waals surface area contributed by atoms with Crippen molar-refractivity contribution in [3.05, 3.63) is 64.3 Å². The van der Waals surface area contributed by atoms with Gasteiger partial charge in [0, 0.05) is 18.6 Å². The normalized spacial score (nSPS) is 11.0. The summed E-state index contributed by atoms with van der Waals surface area (Å²) >= 11 is 1.46. The van der Waals surface area contributed by atoms with Crippen LogP contribution in [0.1, 0.15) is 25.9 Å². The number of nitrogens with one attached hydrogen (secondary N) is 1. The third-order valence-electron chi connectivity index (χ3n) is 3.76. The topological polar surface area (TPSA) is 98.5 Å². The first-order valence-electron chi connectivity index (χ1n) is 7.96. The molecule has 130 valence electrons. The third-order valence-corrected chi connectivity index (χ3v) is 4.60. The first kappa shape index (κ1) is 16.3. The molecule has 9 heteroatoms. The Hall–Kier alpha value is -3.20. The van der Waals surface area contributed by atoms with Crippen molar-refractivity contribution in [2.24, 2.45) is 0 Å². The second-order valence-electron chi connectivity index (χ2n) is 5.70. The Kier molecular flexibility index (Phi) is 4.36. The van der Waals surface area contributed by atoms with Crippen LogP contribution >= 0.6 is 11.3 Å². The van der Waals surface area contributed by atoms with E-state index in [9.17, 15) is 4.79 Å². The summed E-state index contributed by atoms with van der Waals surface area (Å²) in [6, 6.07) is 5.63. The molecule has 0 spiro atoms. The smallest absolute Gasteiger partial charge is 0.253 e. The summed E-state index contributed by atoms with van der Waals surface area (Å²) in [6.45, 7) is 2.85. The standard InChI is InChI=1S/C17H15N7OS/c1-11-22-23-15(26-11)8-20-17(25)13-5-14-16(19-7-13)24(10-21-14)9-12-3-2-4-18-6-12/h2-7,10H,8-9H2,1H3,(H,20,25). The van der Waals surface area contributed by atoms with E-state index in [1.807, 2.05) is 29.8 Å². The van der Waals surface area contributed by atoms with Crippen molar-refractivity contribution in [1.29, 1.82) is 0 Å². The van der Waals surface area contributed by atoms with E-state index in [0.717, 1.165) is 21.2 Å². The lowest BCUT2D eigenvalue weighted by molar-refractivity contribution is 0.0950. The largest absolute Gasteiger partial charge is 0.345 e. The number of nitrogens with zero attached hydrogens (tertiary/aromatic N) is 6. The van der Waals surface area contributed by atoms with Crippen LogP contribution in [0.25, 0.3) is 11.2 Å². The number of hydrogen-bond acceptors (Lipinski definition) is 7. The van der Waals surface area contributed by atoms with Crippen LogP contribution in [-0.2, 0) is 13.1 Å². The maximum Gasteiger partial charge on any atom is 0.253 e. The number of rotatable bonds is 5. The first-order valence-corrected chi connectivity index (χ1v) is 8.77. The van der Waals surface area contributed by atoms with E-state index in [1.54, 1.807) is 24.8 Å². The minimum atomic E-state index is -0.214. The van der Waals surface area contributed by atoms with Gasteiger partial charge >= 0.3 is 0 Å². The molecule has 0 aliphatic rings. The fraction of sp³-hybridized carbons (Fsp3) is 0.176. The Labute approximate surface area is 153 Å². The van der Waals surface area contributed by atoms with Crippen LogP contribution in [0.15, 0.2) is 43.1 Å². The molecule has 4 aromatic rings. The van der Waals surface area contributed by atoms with E-state index in [0.29, 0.717) is 24.2 Å². The van der Waals surface area contributed by atoms with Gasteiger partial charge in [0.25, 0.3) is 5.91 Å². The molecule has 0 saturated heterocycles. The highest BCUT2D eigenvalue weighted by Gasteiger charge is 2.11. The molecule has 0 bridgehead atoms. The second kappa shape index (κ2) is 6.96. The van der Waals surface area contributed by atoms with Crippen LogP contribution in [0.5, 0.6) is 0 Å². The first-order chi connectivity index (χ1) is 12.7. The van der Waals surface area contributed by atoms with E-state index in [-0.39, 0.29) is 5.91 Å². The number of imidazole rings is 1. The molecule has 0 radical (unpaired) electrons. The van der Waals surface area contributed by atoms with Gasteiger partial charge in [-0.1, -0.05) is 17.4 Å². The third kappa shape index (κ3) is 3.42. The molecule has 4 heterocycles. The Bertz CT molecular complexity index is 1060. The maximum absolute atomic E-state index is 12.3. The summed E-state index contributed by atoms with van der Waals surface area (Å²) in [5, 5.41) is 12.4. The SMILES string of the molecule is Cc1nnc(CNC(=O)c2cnc3c(c2)ncn3Cc2cccnc2)s1. The van der Waals surface area contributed by atoms with Crippen molar-refractivity contribution >= 4 is 28.4 Å². The molecule has 0 atom stereocenters. The van der Waals surface area contributed by atoms with Gasteiger partial charge in [-0.15, -0.1) is 10.2 Å².